The lowest BCUT2D eigenvalue weighted by molar-refractivity contribution is 0.917. The second kappa shape index (κ2) is 2.82. The van der Waals surface area contributed by atoms with Gasteiger partial charge in [0.2, 0.25) is 0 Å². The molecular formula is C8H15BrSi. The van der Waals surface area contributed by atoms with Crippen LogP contribution in [0.3, 0.4) is 0 Å². The zero-order valence-electron chi connectivity index (χ0n) is 7.00. The van der Waals surface area contributed by atoms with Gasteiger partial charge in [-0.1, -0.05) is 40.8 Å². The zero-order valence-corrected chi connectivity index (χ0v) is 9.59. The highest BCUT2D eigenvalue weighted by atomic mass is 79.9. The van der Waals surface area contributed by atoms with Gasteiger partial charge in [0.1, 0.15) is 0 Å². The van der Waals surface area contributed by atoms with Gasteiger partial charge in [-0.15, -0.1) is 0 Å². The molecule has 0 radical (unpaired) electrons. The minimum atomic E-state index is -0.954. The molecule has 1 aliphatic rings. The standard InChI is InChI=1S/C8H15BrSi/c1-10(2,3)8-6-4-5-7(8)9/h4-6H2,1-3H3. The van der Waals surface area contributed by atoms with Crippen LogP contribution in [0.5, 0.6) is 0 Å². The number of allylic oxidation sites excluding steroid dienone is 2. The van der Waals surface area contributed by atoms with Crippen molar-refractivity contribution in [1.29, 1.82) is 0 Å². The van der Waals surface area contributed by atoms with Crippen molar-refractivity contribution in [3.05, 3.63) is 9.68 Å². The molecule has 0 aromatic rings. The SMILES string of the molecule is C[Si](C)(C)C1=C(Br)CCC1. The first-order valence-electron chi connectivity index (χ1n) is 3.90. The van der Waals surface area contributed by atoms with E-state index in [1.54, 1.807) is 5.20 Å². The van der Waals surface area contributed by atoms with Gasteiger partial charge in [-0.3, -0.25) is 0 Å². The fourth-order valence-corrected chi connectivity index (χ4v) is 5.62. The van der Waals surface area contributed by atoms with E-state index in [4.69, 9.17) is 0 Å². The first kappa shape index (κ1) is 8.53. The lowest BCUT2D eigenvalue weighted by atomic mass is 10.4. The highest BCUT2D eigenvalue weighted by molar-refractivity contribution is 9.11. The van der Waals surface area contributed by atoms with Crippen LogP contribution < -0.4 is 0 Å². The summed E-state index contributed by atoms with van der Waals surface area (Å²) in [6.45, 7) is 7.28. The molecule has 0 heterocycles. The van der Waals surface area contributed by atoms with Crippen molar-refractivity contribution in [1.82, 2.24) is 0 Å². The van der Waals surface area contributed by atoms with E-state index in [-0.39, 0.29) is 0 Å². The lowest BCUT2D eigenvalue weighted by Gasteiger charge is -2.18. The molecule has 0 nitrogen and oxygen atoms in total. The fourth-order valence-electron chi connectivity index (χ4n) is 1.49. The van der Waals surface area contributed by atoms with Gasteiger partial charge in [0.05, 0.1) is 8.07 Å². The molecule has 58 valence electrons. The van der Waals surface area contributed by atoms with Crippen molar-refractivity contribution in [2.45, 2.75) is 38.9 Å². The maximum atomic E-state index is 3.65. The minimum Gasteiger partial charge on any atom is -0.0711 e. The summed E-state index contributed by atoms with van der Waals surface area (Å²) in [5.74, 6) is 0. The Balaban J connectivity index is 2.81. The van der Waals surface area contributed by atoms with E-state index in [2.05, 4.69) is 35.6 Å². The molecule has 10 heavy (non-hydrogen) atoms. The number of rotatable bonds is 1. The lowest BCUT2D eigenvalue weighted by Crippen LogP contribution is -2.23. The normalized spacial score (nSPS) is 20.4. The molecule has 0 aliphatic heterocycles. The molecule has 0 aromatic carbocycles. The first-order chi connectivity index (χ1) is 4.52. The third-order valence-electron chi connectivity index (χ3n) is 2.06. The Morgan fingerprint density at radius 1 is 1.20 bits per heavy atom. The molecular weight excluding hydrogens is 204 g/mol. The number of hydrogen-bond donors (Lipinski definition) is 0. The second-order valence-corrected chi connectivity index (χ2v) is 10.0. The van der Waals surface area contributed by atoms with Crippen LogP contribution in [-0.2, 0) is 0 Å². The molecule has 0 spiro atoms. The number of hydrogen-bond acceptors (Lipinski definition) is 0. The van der Waals surface area contributed by atoms with Crippen LogP contribution in [0, 0.1) is 0 Å². The summed E-state index contributed by atoms with van der Waals surface area (Å²) in [6, 6.07) is 0. The molecule has 0 fully saturated rings. The van der Waals surface area contributed by atoms with Crippen molar-refractivity contribution >= 4 is 24.0 Å². The van der Waals surface area contributed by atoms with Gasteiger partial charge < -0.3 is 0 Å². The second-order valence-electron chi connectivity index (χ2n) is 3.99. The van der Waals surface area contributed by atoms with E-state index < -0.39 is 8.07 Å². The van der Waals surface area contributed by atoms with Crippen LogP contribution >= 0.6 is 15.9 Å². The molecule has 0 bridgehead atoms. The van der Waals surface area contributed by atoms with Crippen LogP contribution in [0.4, 0.5) is 0 Å². The molecule has 2 heteroatoms. The van der Waals surface area contributed by atoms with Crippen LogP contribution in [0.2, 0.25) is 19.6 Å². The van der Waals surface area contributed by atoms with Gasteiger partial charge in [0, 0.05) is 0 Å². The Kier molecular flexibility index (Phi) is 2.41. The summed E-state index contributed by atoms with van der Waals surface area (Å²) in [4.78, 5) is 0. The fraction of sp³-hybridized carbons (Fsp3) is 0.750. The minimum absolute atomic E-state index is 0.954. The summed E-state index contributed by atoms with van der Waals surface area (Å²) in [5.41, 5.74) is 0. The summed E-state index contributed by atoms with van der Waals surface area (Å²) in [7, 11) is -0.954. The maximum Gasteiger partial charge on any atom is 0.0734 e. The molecule has 0 saturated heterocycles. The van der Waals surface area contributed by atoms with Crippen molar-refractivity contribution in [2.24, 2.45) is 0 Å². The largest absolute Gasteiger partial charge is 0.0734 e. The third kappa shape index (κ3) is 1.73. The van der Waals surface area contributed by atoms with E-state index in [0.717, 1.165) is 0 Å². The topological polar surface area (TPSA) is 0 Å². The molecule has 0 saturated carbocycles. The monoisotopic (exact) mass is 218 g/mol. The average molecular weight is 219 g/mol. The van der Waals surface area contributed by atoms with Crippen molar-refractivity contribution < 1.29 is 0 Å². The van der Waals surface area contributed by atoms with Crippen molar-refractivity contribution in [2.75, 3.05) is 0 Å². The van der Waals surface area contributed by atoms with Crippen LogP contribution in [-0.4, -0.2) is 8.07 Å². The van der Waals surface area contributed by atoms with Crippen LogP contribution in [0.15, 0.2) is 9.68 Å². The summed E-state index contributed by atoms with van der Waals surface area (Å²) in [6.07, 6.45) is 4.02. The van der Waals surface area contributed by atoms with Crippen molar-refractivity contribution in [3.63, 3.8) is 0 Å². The molecule has 1 aliphatic carbocycles. The Morgan fingerprint density at radius 2 is 1.80 bits per heavy atom. The Bertz CT molecular complexity index is 165. The zero-order chi connectivity index (χ0) is 7.78. The third-order valence-corrected chi connectivity index (χ3v) is 5.66. The van der Waals surface area contributed by atoms with Crippen LogP contribution in [0.1, 0.15) is 19.3 Å². The molecule has 0 unspecified atom stereocenters. The van der Waals surface area contributed by atoms with Crippen LogP contribution in [0.25, 0.3) is 0 Å². The van der Waals surface area contributed by atoms with Gasteiger partial charge in [-0.05, 0) is 23.7 Å². The molecule has 0 N–H and O–H groups in total. The molecule has 0 atom stereocenters. The molecule has 1 rings (SSSR count). The summed E-state index contributed by atoms with van der Waals surface area (Å²) in [5, 5.41) is 1.76. The predicted octanol–water partition coefficient (Wildman–Crippen LogP) is 3.70. The first-order valence-corrected chi connectivity index (χ1v) is 8.19. The van der Waals surface area contributed by atoms with Gasteiger partial charge in [0.25, 0.3) is 0 Å². The van der Waals surface area contributed by atoms with Gasteiger partial charge in [-0.25, -0.2) is 0 Å². The predicted molar refractivity (Wildman–Crippen MR) is 53.2 cm³/mol. The van der Waals surface area contributed by atoms with E-state index in [1.807, 2.05) is 0 Å². The quantitative estimate of drug-likeness (QED) is 0.590. The van der Waals surface area contributed by atoms with Gasteiger partial charge in [0.15, 0.2) is 0 Å². The van der Waals surface area contributed by atoms with Gasteiger partial charge >= 0.3 is 0 Å². The maximum absolute atomic E-state index is 3.65. The molecule has 0 amide bonds. The summed E-state index contributed by atoms with van der Waals surface area (Å²) < 4.78 is 1.52. The van der Waals surface area contributed by atoms with E-state index in [9.17, 15) is 0 Å². The number of halogens is 1. The van der Waals surface area contributed by atoms with E-state index in [1.165, 1.54) is 23.7 Å². The van der Waals surface area contributed by atoms with Gasteiger partial charge in [-0.2, -0.15) is 0 Å². The van der Waals surface area contributed by atoms with E-state index in [0.29, 0.717) is 0 Å². The Hall–Kier alpha value is 0.437. The smallest absolute Gasteiger partial charge is 0.0711 e. The summed E-state index contributed by atoms with van der Waals surface area (Å²) >= 11 is 3.65. The van der Waals surface area contributed by atoms with Crippen molar-refractivity contribution in [3.8, 4) is 0 Å². The van der Waals surface area contributed by atoms with E-state index >= 15 is 0 Å². The Morgan fingerprint density at radius 3 is 2.00 bits per heavy atom. The Labute approximate surface area is 72.8 Å². The molecule has 0 aromatic heterocycles. The highest BCUT2D eigenvalue weighted by Gasteiger charge is 2.25. The average Bonchev–Trinajstić information content (AvgIpc) is 2.11. The highest BCUT2D eigenvalue weighted by Crippen LogP contribution is 2.35.